The van der Waals surface area contributed by atoms with Gasteiger partial charge in [-0.25, -0.2) is 0 Å². The van der Waals surface area contributed by atoms with Crippen LogP contribution in [-0.4, -0.2) is 55.9 Å². The molecular formula is C11H20N2O3. The zero-order valence-electron chi connectivity index (χ0n) is 9.78. The second kappa shape index (κ2) is 4.69. The van der Waals surface area contributed by atoms with E-state index in [1.54, 1.807) is 7.11 Å². The standard InChI is InChI=1S/C11H20N2O3/c1-15-11(4-6-16-8-11)7-13-5-2-3-9(12)10(13)14/h9H,2-8,12H2,1H3. The average Bonchev–Trinajstić information content (AvgIpc) is 2.74. The largest absolute Gasteiger partial charge is 0.378 e. The van der Waals surface area contributed by atoms with E-state index in [0.717, 1.165) is 25.8 Å². The van der Waals surface area contributed by atoms with E-state index >= 15 is 0 Å². The number of amides is 1. The summed E-state index contributed by atoms with van der Waals surface area (Å²) in [6, 6.07) is -0.329. The quantitative estimate of drug-likeness (QED) is 0.723. The van der Waals surface area contributed by atoms with E-state index in [9.17, 15) is 4.79 Å². The molecule has 0 aliphatic carbocycles. The van der Waals surface area contributed by atoms with Crippen LogP contribution in [-0.2, 0) is 14.3 Å². The van der Waals surface area contributed by atoms with Crippen LogP contribution in [0.2, 0.25) is 0 Å². The molecule has 0 aromatic heterocycles. The highest BCUT2D eigenvalue weighted by atomic mass is 16.5. The lowest BCUT2D eigenvalue weighted by atomic mass is 9.99. The zero-order chi connectivity index (χ0) is 11.6. The minimum atomic E-state index is -0.329. The Morgan fingerprint density at radius 1 is 1.69 bits per heavy atom. The van der Waals surface area contributed by atoms with E-state index in [1.165, 1.54) is 0 Å². The molecule has 0 bridgehead atoms. The maximum absolute atomic E-state index is 11.9. The van der Waals surface area contributed by atoms with Crippen molar-refractivity contribution < 1.29 is 14.3 Å². The van der Waals surface area contributed by atoms with Crippen molar-refractivity contribution in [1.82, 2.24) is 4.90 Å². The van der Waals surface area contributed by atoms with Crippen molar-refractivity contribution in [3.63, 3.8) is 0 Å². The Bertz CT molecular complexity index is 264. The van der Waals surface area contributed by atoms with Crippen molar-refractivity contribution in [2.75, 3.05) is 33.4 Å². The fraction of sp³-hybridized carbons (Fsp3) is 0.909. The monoisotopic (exact) mass is 228 g/mol. The molecule has 0 aromatic carbocycles. The van der Waals surface area contributed by atoms with Crippen molar-refractivity contribution in [1.29, 1.82) is 0 Å². The second-order valence-electron chi connectivity index (χ2n) is 4.70. The molecular weight excluding hydrogens is 208 g/mol. The van der Waals surface area contributed by atoms with E-state index in [2.05, 4.69) is 0 Å². The second-order valence-corrected chi connectivity index (χ2v) is 4.70. The van der Waals surface area contributed by atoms with Crippen molar-refractivity contribution in [3.8, 4) is 0 Å². The Morgan fingerprint density at radius 3 is 3.12 bits per heavy atom. The maximum Gasteiger partial charge on any atom is 0.239 e. The van der Waals surface area contributed by atoms with Crippen LogP contribution in [0.1, 0.15) is 19.3 Å². The summed E-state index contributed by atoms with van der Waals surface area (Å²) in [5.74, 6) is 0.0505. The third-order valence-electron chi connectivity index (χ3n) is 3.55. The summed E-state index contributed by atoms with van der Waals surface area (Å²) in [7, 11) is 1.68. The number of nitrogens with two attached hydrogens (primary N) is 1. The molecule has 2 fully saturated rings. The van der Waals surface area contributed by atoms with Crippen LogP contribution in [0.5, 0.6) is 0 Å². The SMILES string of the molecule is COC1(CN2CCCC(N)C2=O)CCOC1. The minimum Gasteiger partial charge on any atom is -0.378 e. The Morgan fingerprint density at radius 2 is 2.50 bits per heavy atom. The fourth-order valence-corrected chi connectivity index (χ4v) is 2.41. The third-order valence-corrected chi connectivity index (χ3v) is 3.55. The summed E-state index contributed by atoms with van der Waals surface area (Å²) >= 11 is 0. The van der Waals surface area contributed by atoms with Crippen molar-refractivity contribution in [2.45, 2.75) is 30.9 Å². The molecule has 16 heavy (non-hydrogen) atoms. The van der Waals surface area contributed by atoms with Gasteiger partial charge in [0.05, 0.1) is 19.2 Å². The first kappa shape index (κ1) is 11.8. The van der Waals surface area contributed by atoms with Crippen LogP contribution in [0.3, 0.4) is 0 Å². The van der Waals surface area contributed by atoms with Gasteiger partial charge < -0.3 is 20.1 Å². The lowest BCUT2D eigenvalue weighted by Gasteiger charge is -2.37. The molecule has 92 valence electrons. The smallest absolute Gasteiger partial charge is 0.239 e. The van der Waals surface area contributed by atoms with Gasteiger partial charge in [-0.05, 0) is 12.8 Å². The molecule has 2 heterocycles. The van der Waals surface area contributed by atoms with Gasteiger partial charge >= 0.3 is 0 Å². The van der Waals surface area contributed by atoms with Gasteiger partial charge in [-0.1, -0.05) is 0 Å². The molecule has 1 amide bonds. The number of nitrogens with zero attached hydrogens (tertiary/aromatic N) is 1. The van der Waals surface area contributed by atoms with Crippen LogP contribution < -0.4 is 5.73 Å². The molecule has 0 radical (unpaired) electrons. The molecule has 2 aliphatic heterocycles. The van der Waals surface area contributed by atoms with Crippen molar-refractivity contribution >= 4 is 5.91 Å². The summed E-state index contributed by atoms with van der Waals surface area (Å²) in [4.78, 5) is 13.7. The summed E-state index contributed by atoms with van der Waals surface area (Å²) in [6.45, 7) is 2.68. The predicted molar refractivity (Wildman–Crippen MR) is 59.0 cm³/mol. The highest BCUT2D eigenvalue weighted by Gasteiger charge is 2.39. The number of likely N-dealkylation sites (tertiary alicyclic amines) is 1. The first-order valence-electron chi connectivity index (χ1n) is 5.84. The number of methoxy groups -OCH3 is 1. The van der Waals surface area contributed by atoms with E-state index in [1.807, 2.05) is 4.90 Å². The van der Waals surface area contributed by atoms with Gasteiger partial charge in [0.25, 0.3) is 0 Å². The molecule has 5 heteroatoms. The Labute approximate surface area is 95.9 Å². The van der Waals surface area contributed by atoms with Crippen LogP contribution in [0.4, 0.5) is 0 Å². The minimum absolute atomic E-state index is 0.0505. The summed E-state index contributed by atoms with van der Waals surface area (Å²) < 4.78 is 10.9. The first-order valence-corrected chi connectivity index (χ1v) is 5.84. The third kappa shape index (κ3) is 2.21. The number of rotatable bonds is 3. The Balaban J connectivity index is 1.99. The number of hydrogen-bond donors (Lipinski definition) is 1. The molecule has 2 aliphatic rings. The highest BCUT2D eigenvalue weighted by molar-refractivity contribution is 5.82. The number of carbonyl (C=O) groups is 1. The number of hydrogen-bond acceptors (Lipinski definition) is 4. The molecule has 0 saturated carbocycles. The molecule has 2 saturated heterocycles. The van der Waals surface area contributed by atoms with Gasteiger partial charge in [0.1, 0.15) is 5.60 Å². The van der Waals surface area contributed by atoms with Crippen molar-refractivity contribution in [2.24, 2.45) is 5.73 Å². The molecule has 2 N–H and O–H groups in total. The molecule has 0 spiro atoms. The van der Waals surface area contributed by atoms with Gasteiger partial charge in [0, 0.05) is 26.7 Å². The predicted octanol–water partition coefficient (Wildman–Crippen LogP) is -0.258. The Hall–Kier alpha value is -0.650. The maximum atomic E-state index is 11.9. The first-order chi connectivity index (χ1) is 7.67. The topological polar surface area (TPSA) is 64.8 Å². The van der Waals surface area contributed by atoms with Gasteiger partial charge in [-0.15, -0.1) is 0 Å². The number of carbonyl (C=O) groups excluding carboxylic acids is 1. The van der Waals surface area contributed by atoms with Crippen LogP contribution in [0.25, 0.3) is 0 Å². The van der Waals surface area contributed by atoms with E-state index < -0.39 is 0 Å². The molecule has 2 atom stereocenters. The van der Waals surface area contributed by atoms with E-state index in [-0.39, 0.29) is 17.6 Å². The Kier molecular flexibility index (Phi) is 3.47. The van der Waals surface area contributed by atoms with Crippen LogP contribution in [0.15, 0.2) is 0 Å². The van der Waals surface area contributed by atoms with Gasteiger partial charge in [0.2, 0.25) is 5.91 Å². The van der Waals surface area contributed by atoms with Gasteiger partial charge in [-0.3, -0.25) is 4.79 Å². The zero-order valence-corrected chi connectivity index (χ0v) is 9.78. The van der Waals surface area contributed by atoms with Gasteiger partial charge in [0.15, 0.2) is 0 Å². The number of piperidine rings is 1. The number of ether oxygens (including phenoxy) is 2. The summed E-state index contributed by atoms with van der Waals surface area (Å²) in [5.41, 5.74) is 5.45. The van der Waals surface area contributed by atoms with Crippen LogP contribution in [0, 0.1) is 0 Å². The lowest BCUT2D eigenvalue weighted by molar-refractivity contribution is -0.140. The van der Waals surface area contributed by atoms with E-state index in [4.69, 9.17) is 15.2 Å². The van der Waals surface area contributed by atoms with E-state index in [0.29, 0.717) is 19.8 Å². The summed E-state index contributed by atoms with van der Waals surface area (Å²) in [5, 5.41) is 0. The lowest BCUT2D eigenvalue weighted by Crippen LogP contribution is -2.54. The molecule has 5 nitrogen and oxygen atoms in total. The molecule has 0 aromatic rings. The highest BCUT2D eigenvalue weighted by Crippen LogP contribution is 2.25. The molecule has 2 unspecified atom stereocenters. The van der Waals surface area contributed by atoms with Crippen LogP contribution >= 0.6 is 0 Å². The summed E-state index contributed by atoms with van der Waals surface area (Å²) in [6.07, 6.45) is 2.63. The average molecular weight is 228 g/mol. The normalized spacial score (nSPS) is 35.8. The fourth-order valence-electron chi connectivity index (χ4n) is 2.41. The molecule has 2 rings (SSSR count). The van der Waals surface area contributed by atoms with Crippen molar-refractivity contribution in [3.05, 3.63) is 0 Å². The van der Waals surface area contributed by atoms with Gasteiger partial charge in [-0.2, -0.15) is 0 Å².